The van der Waals surface area contributed by atoms with Crippen molar-refractivity contribution in [2.24, 2.45) is 7.05 Å². The van der Waals surface area contributed by atoms with E-state index in [-0.39, 0.29) is 0 Å². The van der Waals surface area contributed by atoms with Gasteiger partial charge in [-0.15, -0.1) is 0 Å². The third-order valence-corrected chi connectivity index (χ3v) is 3.58. The van der Waals surface area contributed by atoms with E-state index in [4.69, 9.17) is 0 Å². The molecule has 0 bridgehead atoms. The van der Waals surface area contributed by atoms with Crippen molar-refractivity contribution in [2.45, 2.75) is 44.1 Å². The minimum Gasteiger partial charge on any atom is -0.338 e. The highest BCUT2D eigenvalue weighted by Gasteiger charge is 2.26. The van der Waals surface area contributed by atoms with Crippen LogP contribution in [0.2, 0.25) is 0 Å². The van der Waals surface area contributed by atoms with Crippen LogP contribution >= 0.6 is 0 Å². The lowest BCUT2D eigenvalue weighted by Gasteiger charge is -2.24. The first-order valence-electron chi connectivity index (χ1n) is 5.97. The van der Waals surface area contributed by atoms with Crippen LogP contribution in [-0.4, -0.2) is 22.6 Å². The molecule has 1 aliphatic rings. The zero-order valence-electron chi connectivity index (χ0n) is 9.74. The van der Waals surface area contributed by atoms with Crippen molar-refractivity contribution >= 4 is 0 Å². The quantitative estimate of drug-likeness (QED) is 0.752. The van der Waals surface area contributed by atoms with E-state index in [1.807, 2.05) is 12.4 Å². The van der Waals surface area contributed by atoms with Gasteiger partial charge in [0, 0.05) is 31.4 Å². The highest BCUT2D eigenvalue weighted by Crippen LogP contribution is 2.30. The summed E-state index contributed by atoms with van der Waals surface area (Å²) in [4.78, 5) is 4.50. The van der Waals surface area contributed by atoms with Gasteiger partial charge in [0.15, 0.2) is 0 Å². The minimum absolute atomic E-state index is 0.595. The zero-order valence-corrected chi connectivity index (χ0v) is 9.74. The average molecular weight is 207 g/mol. The van der Waals surface area contributed by atoms with Crippen molar-refractivity contribution in [3.05, 3.63) is 18.2 Å². The summed E-state index contributed by atoms with van der Waals surface area (Å²) in [5.41, 5.74) is 0. The van der Waals surface area contributed by atoms with Gasteiger partial charge in [-0.25, -0.2) is 4.98 Å². The molecule has 1 aliphatic carbocycles. The van der Waals surface area contributed by atoms with E-state index in [2.05, 4.69) is 29.0 Å². The second-order valence-corrected chi connectivity index (χ2v) is 4.54. The van der Waals surface area contributed by atoms with Gasteiger partial charge in [-0.3, -0.25) is 0 Å². The monoisotopic (exact) mass is 207 g/mol. The van der Waals surface area contributed by atoms with E-state index in [0.717, 1.165) is 0 Å². The first-order valence-corrected chi connectivity index (χ1v) is 5.97. The molecule has 0 radical (unpaired) electrons. The van der Waals surface area contributed by atoms with Crippen molar-refractivity contribution < 1.29 is 0 Å². The average Bonchev–Trinajstić information content (AvgIpc) is 2.54. The maximum atomic E-state index is 4.50. The number of aromatic nitrogens is 2. The van der Waals surface area contributed by atoms with Crippen molar-refractivity contribution in [1.29, 1.82) is 0 Å². The van der Waals surface area contributed by atoms with Gasteiger partial charge < -0.3 is 9.88 Å². The topological polar surface area (TPSA) is 29.9 Å². The molecule has 1 heterocycles. The molecule has 0 spiro atoms. The molecule has 2 unspecified atom stereocenters. The van der Waals surface area contributed by atoms with Crippen LogP contribution in [0.1, 0.15) is 43.8 Å². The summed E-state index contributed by atoms with van der Waals surface area (Å²) >= 11 is 0. The van der Waals surface area contributed by atoms with Gasteiger partial charge in [0.25, 0.3) is 0 Å². The molecule has 1 saturated carbocycles. The van der Waals surface area contributed by atoms with Gasteiger partial charge in [-0.2, -0.15) is 0 Å². The lowest BCUT2D eigenvalue weighted by Crippen LogP contribution is -2.32. The van der Waals surface area contributed by atoms with Crippen LogP contribution < -0.4 is 5.32 Å². The smallest absolute Gasteiger partial charge is 0.113 e. The predicted molar refractivity (Wildman–Crippen MR) is 61.9 cm³/mol. The minimum atomic E-state index is 0.595. The molecule has 0 aliphatic heterocycles. The van der Waals surface area contributed by atoms with Gasteiger partial charge in [0.2, 0.25) is 0 Å². The van der Waals surface area contributed by atoms with E-state index >= 15 is 0 Å². The van der Waals surface area contributed by atoms with E-state index in [9.17, 15) is 0 Å². The molecule has 1 N–H and O–H groups in total. The van der Waals surface area contributed by atoms with Gasteiger partial charge in [-0.05, 0) is 19.9 Å². The van der Waals surface area contributed by atoms with Crippen molar-refractivity contribution in [1.82, 2.24) is 14.9 Å². The van der Waals surface area contributed by atoms with Crippen LogP contribution in [0.15, 0.2) is 12.4 Å². The number of hydrogen-bond donors (Lipinski definition) is 1. The Bertz CT molecular complexity index is 306. The summed E-state index contributed by atoms with van der Waals surface area (Å²) in [5, 5.41) is 3.46. The molecule has 0 aromatic carbocycles. The number of imidazole rings is 1. The van der Waals surface area contributed by atoms with E-state index in [1.165, 1.54) is 37.9 Å². The molecule has 1 fully saturated rings. The van der Waals surface area contributed by atoms with Crippen LogP contribution in [0, 0.1) is 0 Å². The molecule has 3 nitrogen and oxygen atoms in total. The van der Waals surface area contributed by atoms with Crippen molar-refractivity contribution in [2.75, 3.05) is 7.05 Å². The predicted octanol–water partition coefficient (Wildman–Crippen LogP) is 2.06. The second kappa shape index (κ2) is 4.79. The summed E-state index contributed by atoms with van der Waals surface area (Å²) in [6.45, 7) is 0. The van der Waals surface area contributed by atoms with Gasteiger partial charge in [-0.1, -0.05) is 19.3 Å². The summed E-state index contributed by atoms with van der Waals surface area (Å²) in [6.07, 6.45) is 10.6. The zero-order chi connectivity index (χ0) is 10.7. The fourth-order valence-electron chi connectivity index (χ4n) is 2.70. The number of hydrogen-bond acceptors (Lipinski definition) is 2. The number of nitrogens with zero attached hydrogens (tertiary/aromatic N) is 2. The molecule has 2 atom stereocenters. The second-order valence-electron chi connectivity index (χ2n) is 4.54. The third-order valence-electron chi connectivity index (χ3n) is 3.58. The SMILES string of the molecule is CNC1CCCCCC1c1nccn1C. The van der Waals surface area contributed by atoms with Crippen LogP contribution in [0.25, 0.3) is 0 Å². The molecule has 1 aromatic heterocycles. The molecule has 15 heavy (non-hydrogen) atoms. The highest BCUT2D eigenvalue weighted by atomic mass is 15.1. The third kappa shape index (κ3) is 2.23. The van der Waals surface area contributed by atoms with Crippen LogP contribution in [-0.2, 0) is 7.05 Å². The van der Waals surface area contributed by atoms with Crippen LogP contribution in [0.4, 0.5) is 0 Å². The Labute approximate surface area is 91.9 Å². The lowest BCUT2D eigenvalue weighted by atomic mass is 9.94. The fourth-order valence-corrected chi connectivity index (χ4v) is 2.70. The van der Waals surface area contributed by atoms with Crippen molar-refractivity contribution in [3.63, 3.8) is 0 Å². The first-order chi connectivity index (χ1) is 7.33. The molecule has 0 saturated heterocycles. The standard InChI is InChI=1S/C12H21N3/c1-13-11-7-5-3-4-6-10(11)12-14-8-9-15(12)2/h8-11,13H,3-7H2,1-2H3. The number of aryl methyl sites for hydroxylation is 1. The summed E-state index contributed by atoms with van der Waals surface area (Å²) in [6, 6.07) is 0.605. The van der Waals surface area contributed by atoms with Gasteiger partial charge in [0.1, 0.15) is 5.82 Å². The van der Waals surface area contributed by atoms with Crippen LogP contribution in [0.5, 0.6) is 0 Å². The van der Waals surface area contributed by atoms with E-state index in [0.29, 0.717) is 12.0 Å². The summed E-state index contributed by atoms with van der Waals surface area (Å²) in [7, 11) is 4.17. The van der Waals surface area contributed by atoms with Gasteiger partial charge in [0.05, 0.1) is 0 Å². The lowest BCUT2D eigenvalue weighted by molar-refractivity contribution is 0.417. The Balaban J connectivity index is 2.20. The fraction of sp³-hybridized carbons (Fsp3) is 0.750. The molecule has 2 rings (SSSR count). The maximum absolute atomic E-state index is 4.50. The molecule has 3 heteroatoms. The van der Waals surface area contributed by atoms with Gasteiger partial charge >= 0.3 is 0 Å². The number of rotatable bonds is 2. The van der Waals surface area contributed by atoms with E-state index < -0.39 is 0 Å². The Morgan fingerprint density at radius 3 is 2.80 bits per heavy atom. The molecule has 84 valence electrons. The van der Waals surface area contributed by atoms with E-state index in [1.54, 1.807) is 0 Å². The normalized spacial score (nSPS) is 27.6. The Hall–Kier alpha value is -0.830. The van der Waals surface area contributed by atoms with Crippen molar-refractivity contribution in [3.8, 4) is 0 Å². The Kier molecular flexibility index (Phi) is 3.41. The first kappa shape index (κ1) is 10.7. The maximum Gasteiger partial charge on any atom is 0.113 e. The highest BCUT2D eigenvalue weighted by molar-refractivity contribution is 5.05. The largest absolute Gasteiger partial charge is 0.338 e. The molecule has 1 aromatic rings. The number of nitrogens with one attached hydrogen (secondary N) is 1. The summed E-state index contributed by atoms with van der Waals surface area (Å²) in [5.74, 6) is 1.84. The van der Waals surface area contributed by atoms with Crippen LogP contribution in [0.3, 0.4) is 0 Å². The summed E-state index contributed by atoms with van der Waals surface area (Å²) < 4.78 is 2.17. The Morgan fingerprint density at radius 1 is 1.33 bits per heavy atom. The number of likely N-dealkylation sites (N-methyl/N-ethyl adjacent to an activating group) is 1. The molecule has 0 amide bonds. The Morgan fingerprint density at radius 2 is 2.13 bits per heavy atom. The molecular weight excluding hydrogens is 186 g/mol. The molecular formula is C12H21N3.